The van der Waals surface area contributed by atoms with Crippen LogP contribution < -0.4 is 0 Å². The molecule has 0 heterocycles. The van der Waals surface area contributed by atoms with Gasteiger partial charge in [-0.05, 0) is 5.92 Å². The minimum Gasteiger partial charge on any atom is -0.349 e. The SMILES string of the molecule is C=C[C@H](C)[C@H](C)C(=O)N(C)C. The van der Waals surface area contributed by atoms with Gasteiger partial charge in [-0.1, -0.05) is 19.9 Å². The lowest BCUT2D eigenvalue weighted by molar-refractivity contribution is -0.133. The third kappa shape index (κ3) is 2.74. The van der Waals surface area contributed by atoms with E-state index in [-0.39, 0.29) is 17.7 Å². The maximum atomic E-state index is 11.3. The van der Waals surface area contributed by atoms with Gasteiger partial charge >= 0.3 is 0 Å². The first-order chi connectivity index (χ1) is 5.00. The van der Waals surface area contributed by atoms with Crippen LogP contribution in [0.4, 0.5) is 0 Å². The second-order valence-electron chi connectivity index (χ2n) is 3.12. The van der Waals surface area contributed by atoms with E-state index in [4.69, 9.17) is 0 Å². The van der Waals surface area contributed by atoms with Crippen molar-refractivity contribution >= 4 is 5.91 Å². The highest BCUT2D eigenvalue weighted by atomic mass is 16.2. The van der Waals surface area contributed by atoms with Crippen LogP contribution in [0.1, 0.15) is 13.8 Å². The van der Waals surface area contributed by atoms with E-state index < -0.39 is 0 Å². The summed E-state index contributed by atoms with van der Waals surface area (Å²) in [5.74, 6) is 0.463. The van der Waals surface area contributed by atoms with Crippen LogP contribution in [-0.4, -0.2) is 24.9 Å². The molecule has 0 spiro atoms. The largest absolute Gasteiger partial charge is 0.349 e. The van der Waals surface area contributed by atoms with Gasteiger partial charge in [-0.25, -0.2) is 0 Å². The van der Waals surface area contributed by atoms with E-state index in [0.717, 1.165) is 0 Å². The summed E-state index contributed by atoms with van der Waals surface area (Å²) in [6, 6.07) is 0. The average molecular weight is 155 g/mol. The number of carbonyl (C=O) groups is 1. The van der Waals surface area contributed by atoms with Crippen LogP contribution in [0.2, 0.25) is 0 Å². The Labute approximate surface area is 68.9 Å². The summed E-state index contributed by atoms with van der Waals surface area (Å²) in [7, 11) is 3.54. The molecule has 2 atom stereocenters. The first kappa shape index (κ1) is 10.2. The molecule has 0 rings (SSSR count). The Morgan fingerprint density at radius 2 is 1.91 bits per heavy atom. The number of allylic oxidation sites excluding steroid dienone is 1. The van der Waals surface area contributed by atoms with Crippen molar-refractivity contribution in [2.75, 3.05) is 14.1 Å². The number of rotatable bonds is 3. The molecule has 0 aromatic heterocycles. The summed E-state index contributed by atoms with van der Waals surface area (Å²) in [4.78, 5) is 12.9. The molecule has 0 saturated carbocycles. The maximum Gasteiger partial charge on any atom is 0.225 e. The molecule has 11 heavy (non-hydrogen) atoms. The summed E-state index contributed by atoms with van der Waals surface area (Å²) in [5.41, 5.74) is 0. The van der Waals surface area contributed by atoms with Crippen molar-refractivity contribution in [2.24, 2.45) is 11.8 Å². The lowest BCUT2D eigenvalue weighted by atomic mass is 9.95. The number of carbonyl (C=O) groups excluding carboxylic acids is 1. The summed E-state index contributed by atoms with van der Waals surface area (Å²) in [6.07, 6.45) is 1.81. The fourth-order valence-corrected chi connectivity index (χ4v) is 0.836. The Hall–Kier alpha value is -0.790. The third-order valence-corrected chi connectivity index (χ3v) is 1.99. The van der Waals surface area contributed by atoms with Crippen molar-refractivity contribution in [3.8, 4) is 0 Å². The van der Waals surface area contributed by atoms with Crippen LogP contribution in [0.15, 0.2) is 12.7 Å². The lowest BCUT2D eigenvalue weighted by Crippen LogP contribution is -2.30. The molecule has 0 fully saturated rings. The van der Waals surface area contributed by atoms with Gasteiger partial charge in [0.1, 0.15) is 0 Å². The van der Waals surface area contributed by atoms with Crippen LogP contribution in [0.25, 0.3) is 0 Å². The van der Waals surface area contributed by atoms with Crippen molar-refractivity contribution in [1.29, 1.82) is 0 Å². The molecule has 0 radical (unpaired) electrons. The summed E-state index contributed by atoms with van der Waals surface area (Å²) >= 11 is 0. The predicted molar refractivity (Wildman–Crippen MR) is 47.2 cm³/mol. The van der Waals surface area contributed by atoms with E-state index in [0.29, 0.717) is 0 Å². The number of amides is 1. The lowest BCUT2D eigenvalue weighted by Gasteiger charge is -2.19. The van der Waals surface area contributed by atoms with Crippen molar-refractivity contribution in [3.05, 3.63) is 12.7 Å². The van der Waals surface area contributed by atoms with Gasteiger partial charge in [-0.2, -0.15) is 0 Å². The minimum absolute atomic E-state index is 0.0440. The van der Waals surface area contributed by atoms with Crippen molar-refractivity contribution in [3.63, 3.8) is 0 Å². The molecule has 0 aromatic rings. The van der Waals surface area contributed by atoms with Gasteiger partial charge in [0.2, 0.25) is 5.91 Å². The zero-order valence-electron chi connectivity index (χ0n) is 7.79. The molecule has 0 aromatic carbocycles. The van der Waals surface area contributed by atoms with Crippen LogP contribution in [-0.2, 0) is 4.79 Å². The molecule has 0 bridgehead atoms. The zero-order chi connectivity index (χ0) is 9.02. The molecule has 0 aliphatic rings. The monoisotopic (exact) mass is 155 g/mol. The highest BCUT2D eigenvalue weighted by molar-refractivity contribution is 5.78. The highest BCUT2D eigenvalue weighted by Crippen LogP contribution is 2.13. The van der Waals surface area contributed by atoms with Gasteiger partial charge in [-0.3, -0.25) is 4.79 Å². The van der Waals surface area contributed by atoms with Gasteiger partial charge < -0.3 is 4.90 Å². The van der Waals surface area contributed by atoms with Gasteiger partial charge in [0.05, 0.1) is 0 Å². The number of hydrogen-bond donors (Lipinski definition) is 0. The molecule has 0 unspecified atom stereocenters. The first-order valence-electron chi connectivity index (χ1n) is 3.84. The zero-order valence-corrected chi connectivity index (χ0v) is 7.79. The Kier molecular flexibility index (Phi) is 3.86. The van der Waals surface area contributed by atoms with Crippen LogP contribution in [0, 0.1) is 11.8 Å². The number of hydrogen-bond acceptors (Lipinski definition) is 1. The molecule has 1 amide bonds. The average Bonchev–Trinajstić information content (AvgIpc) is 2.00. The second kappa shape index (κ2) is 4.16. The van der Waals surface area contributed by atoms with E-state index in [2.05, 4.69) is 6.58 Å². The molecule has 0 saturated heterocycles. The van der Waals surface area contributed by atoms with Crippen LogP contribution in [0.5, 0.6) is 0 Å². The molecule has 2 nitrogen and oxygen atoms in total. The number of nitrogens with zero attached hydrogens (tertiary/aromatic N) is 1. The molecule has 2 heteroatoms. The fraction of sp³-hybridized carbons (Fsp3) is 0.667. The topological polar surface area (TPSA) is 20.3 Å². The maximum absolute atomic E-state index is 11.3. The molecular formula is C9H17NO. The van der Waals surface area contributed by atoms with Gasteiger partial charge in [0.15, 0.2) is 0 Å². The van der Waals surface area contributed by atoms with E-state index in [9.17, 15) is 4.79 Å². The fourth-order valence-electron chi connectivity index (χ4n) is 0.836. The van der Waals surface area contributed by atoms with Gasteiger partial charge in [0.25, 0.3) is 0 Å². The Morgan fingerprint density at radius 1 is 1.45 bits per heavy atom. The normalized spacial score (nSPS) is 15.3. The standard InChI is InChI=1S/C9H17NO/c1-6-7(2)8(3)9(11)10(4)5/h6-8H,1H2,2-5H3/t7-,8-/m0/s1. The predicted octanol–water partition coefficient (Wildman–Crippen LogP) is 1.53. The van der Waals surface area contributed by atoms with Crippen molar-refractivity contribution < 1.29 is 4.79 Å². The minimum atomic E-state index is 0.0440. The molecular weight excluding hydrogens is 138 g/mol. The van der Waals surface area contributed by atoms with Gasteiger partial charge in [0, 0.05) is 20.0 Å². The molecule has 0 aliphatic heterocycles. The summed E-state index contributed by atoms with van der Waals surface area (Å²) in [5, 5.41) is 0. The van der Waals surface area contributed by atoms with Crippen LogP contribution in [0.3, 0.4) is 0 Å². The molecule has 64 valence electrons. The highest BCUT2D eigenvalue weighted by Gasteiger charge is 2.18. The van der Waals surface area contributed by atoms with Crippen LogP contribution >= 0.6 is 0 Å². The second-order valence-corrected chi connectivity index (χ2v) is 3.12. The van der Waals surface area contributed by atoms with E-state index in [1.54, 1.807) is 19.0 Å². The summed E-state index contributed by atoms with van der Waals surface area (Å²) < 4.78 is 0. The Balaban J connectivity index is 4.12. The third-order valence-electron chi connectivity index (χ3n) is 1.99. The smallest absolute Gasteiger partial charge is 0.225 e. The summed E-state index contributed by atoms with van der Waals surface area (Å²) in [6.45, 7) is 7.58. The first-order valence-corrected chi connectivity index (χ1v) is 3.84. The van der Waals surface area contributed by atoms with Crippen molar-refractivity contribution in [2.45, 2.75) is 13.8 Å². The van der Waals surface area contributed by atoms with E-state index in [1.807, 2.05) is 19.9 Å². The van der Waals surface area contributed by atoms with E-state index >= 15 is 0 Å². The quantitative estimate of drug-likeness (QED) is 0.566. The Morgan fingerprint density at radius 3 is 2.18 bits per heavy atom. The van der Waals surface area contributed by atoms with Gasteiger partial charge in [-0.15, -0.1) is 6.58 Å². The Bertz CT molecular complexity index is 152. The van der Waals surface area contributed by atoms with Crippen molar-refractivity contribution in [1.82, 2.24) is 4.90 Å². The van der Waals surface area contributed by atoms with E-state index in [1.165, 1.54) is 0 Å². The molecule has 0 N–H and O–H groups in total. The molecule has 0 aliphatic carbocycles.